The van der Waals surface area contributed by atoms with Crippen LogP contribution in [0.15, 0.2) is 34.5 Å². The number of anilines is 1. The lowest BCUT2D eigenvalue weighted by atomic mass is 10.1. The topological polar surface area (TPSA) is 104 Å². The zero-order chi connectivity index (χ0) is 21.1. The number of aryl methyl sites for hydroxylation is 1. The molecule has 8 nitrogen and oxygen atoms in total. The number of azo groups is 1. The Morgan fingerprint density at radius 2 is 2.03 bits per heavy atom. The summed E-state index contributed by atoms with van der Waals surface area (Å²) in [5.41, 5.74) is 2.66. The van der Waals surface area contributed by atoms with Crippen molar-refractivity contribution in [2.75, 3.05) is 24.6 Å². The second kappa shape index (κ2) is 9.00. The zero-order valence-corrected chi connectivity index (χ0v) is 17.9. The van der Waals surface area contributed by atoms with Crippen LogP contribution in [0.3, 0.4) is 0 Å². The molecule has 0 aliphatic rings. The lowest BCUT2D eigenvalue weighted by molar-refractivity contribution is -0.384. The third-order valence-electron chi connectivity index (χ3n) is 4.27. The van der Waals surface area contributed by atoms with Crippen molar-refractivity contribution in [3.63, 3.8) is 0 Å². The number of hydrogen-bond donors (Lipinski definition) is 1. The van der Waals surface area contributed by atoms with Crippen LogP contribution in [-0.4, -0.2) is 34.7 Å². The van der Waals surface area contributed by atoms with Crippen molar-refractivity contribution in [1.29, 1.82) is 0 Å². The quantitative estimate of drug-likeness (QED) is 0.266. The molecule has 3 aromatic rings. The summed E-state index contributed by atoms with van der Waals surface area (Å²) in [5, 5.41) is 28.9. The lowest BCUT2D eigenvalue weighted by Crippen LogP contribution is -2.26. The molecule has 0 saturated carbocycles. The SMILES string of the molecule is CCN(CCO)c1ccc(N=Nc2nc3c(Cl)c(Cl)c([N+](=O)[O-])cc3s2)c(C)c1. The number of likely N-dealkylation sites (N-methyl/N-ethyl adjacent to an activating group) is 1. The fraction of sp³-hybridized carbons (Fsp3) is 0.278. The van der Waals surface area contributed by atoms with E-state index in [0.29, 0.717) is 27.6 Å². The van der Waals surface area contributed by atoms with Gasteiger partial charge in [-0.15, -0.1) is 10.2 Å². The van der Waals surface area contributed by atoms with E-state index in [9.17, 15) is 15.2 Å². The first-order chi connectivity index (χ1) is 13.8. The normalized spacial score (nSPS) is 11.5. The molecular weight excluding hydrogens is 437 g/mol. The highest BCUT2D eigenvalue weighted by Crippen LogP contribution is 2.42. The second-order valence-corrected chi connectivity index (χ2v) is 7.86. The lowest BCUT2D eigenvalue weighted by Gasteiger charge is -2.22. The number of aromatic nitrogens is 1. The Kier molecular flexibility index (Phi) is 6.63. The van der Waals surface area contributed by atoms with Crippen molar-refractivity contribution >= 4 is 66.9 Å². The van der Waals surface area contributed by atoms with E-state index in [0.717, 1.165) is 29.1 Å². The Labute approximate surface area is 180 Å². The molecule has 152 valence electrons. The molecule has 0 aliphatic carbocycles. The Hall–Kier alpha value is -2.33. The van der Waals surface area contributed by atoms with Gasteiger partial charge in [0.2, 0.25) is 5.13 Å². The maximum Gasteiger partial charge on any atom is 0.290 e. The molecule has 0 fully saturated rings. The number of hydrogen-bond acceptors (Lipinski definition) is 8. The van der Waals surface area contributed by atoms with E-state index in [1.54, 1.807) is 0 Å². The molecule has 3 rings (SSSR count). The van der Waals surface area contributed by atoms with Gasteiger partial charge in [-0.2, -0.15) is 0 Å². The van der Waals surface area contributed by atoms with E-state index in [4.69, 9.17) is 23.2 Å². The number of halogens is 2. The summed E-state index contributed by atoms with van der Waals surface area (Å²) < 4.78 is 0.509. The smallest absolute Gasteiger partial charge is 0.290 e. The maximum atomic E-state index is 11.1. The van der Waals surface area contributed by atoms with Crippen LogP contribution in [0.4, 0.5) is 22.2 Å². The van der Waals surface area contributed by atoms with E-state index in [1.807, 2.05) is 32.0 Å². The van der Waals surface area contributed by atoms with Crippen LogP contribution in [0.1, 0.15) is 12.5 Å². The molecule has 2 aromatic carbocycles. The van der Waals surface area contributed by atoms with Gasteiger partial charge in [-0.1, -0.05) is 34.5 Å². The number of aliphatic hydroxyl groups is 1. The highest BCUT2D eigenvalue weighted by Gasteiger charge is 2.21. The number of aliphatic hydroxyl groups excluding tert-OH is 1. The third kappa shape index (κ3) is 4.48. The molecule has 1 N–H and O–H groups in total. The van der Waals surface area contributed by atoms with E-state index in [1.165, 1.54) is 6.07 Å². The summed E-state index contributed by atoms with van der Waals surface area (Å²) in [5.74, 6) is 0. The van der Waals surface area contributed by atoms with Crippen molar-refractivity contribution in [3.05, 3.63) is 50.0 Å². The number of nitro benzene ring substituents is 1. The number of benzene rings is 2. The van der Waals surface area contributed by atoms with Crippen LogP contribution in [0.5, 0.6) is 0 Å². The monoisotopic (exact) mass is 453 g/mol. The van der Waals surface area contributed by atoms with Gasteiger partial charge in [-0.3, -0.25) is 10.1 Å². The summed E-state index contributed by atoms with van der Waals surface area (Å²) in [6.07, 6.45) is 0. The van der Waals surface area contributed by atoms with Crippen LogP contribution in [0.25, 0.3) is 10.2 Å². The second-order valence-electron chi connectivity index (χ2n) is 6.10. The molecule has 1 heterocycles. The van der Waals surface area contributed by atoms with E-state index >= 15 is 0 Å². The van der Waals surface area contributed by atoms with Gasteiger partial charge >= 0.3 is 0 Å². The van der Waals surface area contributed by atoms with Gasteiger partial charge in [-0.05, 0) is 37.6 Å². The summed E-state index contributed by atoms with van der Waals surface area (Å²) in [4.78, 5) is 16.9. The van der Waals surface area contributed by atoms with Gasteiger partial charge in [0.05, 0.1) is 26.9 Å². The predicted octanol–water partition coefficient (Wildman–Crippen LogP) is 6.05. The molecule has 0 atom stereocenters. The minimum absolute atomic E-state index is 0.0256. The van der Waals surface area contributed by atoms with Gasteiger partial charge in [0.1, 0.15) is 10.5 Å². The van der Waals surface area contributed by atoms with Crippen LogP contribution in [0, 0.1) is 17.0 Å². The first-order valence-electron chi connectivity index (χ1n) is 8.66. The summed E-state index contributed by atoms with van der Waals surface area (Å²) in [6.45, 7) is 5.35. The predicted molar refractivity (Wildman–Crippen MR) is 117 cm³/mol. The first kappa shape index (κ1) is 21.4. The van der Waals surface area contributed by atoms with Crippen LogP contribution < -0.4 is 4.90 Å². The van der Waals surface area contributed by atoms with Gasteiger partial charge in [-0.25, -0.2) is 4.98 Å². The standard InChI is InChI=1S/C18H17Cl2N5O3S/c1-3-24(6-7-26)11-4-5-12(10(2)8-11)22-23-18-21-17-14(29-18)9-13(25(27)28)15(19)16(17)20/h4-5,8-9,26H,3,6-7H2,1-2H3. The van der Waals surface area contributed by atoms with E-state index in [2.05, 4.69) is 20.1 Å². The third-order valence-corrected chi connectivity index (χ3v) is 6.01. The molecule has 0 radical (unpaired) electrons. The Morgan fingerprint density at radius 1 is 1.28 bits per heavy atom. The largest absolute Gasteiger partial charge is 0.395 e. The summed E-state index contributed by atoms with van der Waals surface area (Å²) in [7, 11) is 0. The van der Waals surface area contributed by atoms with Gasteiger partial charge in [0.25, 0.3) is 5.69 Å². The number of nitro groups is 1. The van der Waals surface area contributed by atoms with Crippen molar-refractivity contribution < 1.29 is 10.0 Å². The Morgan fingerprint density at radius 3 is 2.66 bits per heavy atom. The summed E-state index contributed by atoms with van der Waals surface area (Å²) in [6, 6.07) is 7.07. The molecular formula is C18H17Cl2N5O3S. The molecule has 0 bridgehead atoms. The van der Waals surface area contributed by atoms with E-state index < -0.39 is 4.92 Å². The first-order valence-corrected chi connectivity index (χ1v) is 10.2. The fourth-order valence-electron chi connectivity index (χ4n) is 2.79. The van der Waals surface area contributed by atoms with Crippen molar-refractivity contribution in [2.45, 2.75) is 13.8 Å². The molecule has 1 aromatic heterocycles. The highest BCUT2D eigenvalue weighted by atomic mass is 35.5. The minimum Gasteiger partial charge on any atom is -0.395 e. The molecule has 0 spiro atoms. The average molecular weight is 454 g/mol. The molecule has 11 heteroatoms. The number of thiazole rings is 1. The highest BCUT2D eigenvalue weighted by molar-refractivity contribution is 7.22. The number of nitrogens with zero attached hydrogens (tertiary/aromatic N) is 5. The van der Waals surface area contributed by atoms with Crippen molar-refractivity contribution in [2.24, 2.45) is 10.2 Å². The van der Waals surface area contributed by atoms with E-state index in [-0.39, 0.29) is 22.3 Å². The number of fused-ring (bicyclic) bond motifs is 1. The zero-order valence-electron chi connectivity index (χ0n) is 15.6. The minimum atomic E-state index is -0.587. The van der Waals surface area contributed by atoms with Crippen molar-refractivity contribution in [3.8, 4) is 0 Å². The Balaban J connectivity index is 1.91. The fourth-order valence-corrected chi connectivity index (χ4v) is 4.13. The van der Waals surface area contributed by atoms with Crippen molar-refractivity contribution in [1.82, 2.24) is 4.98 Å². The Bertz CT molecular complexity index is 1100. The van der Waals surface area contributed by atoms with Crippen LogP contribution in [0.2, 0.25) is 10.0 Å². The molecule has 0 unspecified atom stereocenters. The van der Waals surface area contributed by atoms with Crippen LogP contribution in [-0.2, 0) is 0 Å². The molecule has 0 saturated heterocycles. The molecule has 0 aliphatic heterocycles. The average Bonchev–Trinajstić information content (AvgIpc) is 3.11. The van der Waals surface area contributed by atoms with Gasteiger partial charge in [0.15, 0.2) is 0 Å². The van der Waals surface area contributed by atoms with Gasteiger partial charge in [0, 0.05) is 24.8 Å². The van der Waals surface area contributed by atoms with Crippen LogP contribution >= 0.6 is 34.5 Å². The molecule has 29 heavy (non-hydrogen) atoms. The molecule has 0 amide bonds. The summed E-state index contributed by atoms with van der Waals surface area (Å²) >= 11 is 13.2. The number of rotatable bonds is 7. The van der Waals surface area contributed by atoms with Gasteiger partial charge < -0.3 is 10.0 Å². The maximum absolute atomic E-state index is 11.1.